The molecule has 0 bridgehead atoms. The number of pyridine rings is 2. The number of halogens is 5. The molecular formula is C11H5Cl2F3N2. The number of aromatic nitrogens is 2. The number of nitrogens with zero attached hydrogens (tertiary/aromatic N) is 2. The minimum atomic E-state index is -4.46. The minimum absolute atomic E-state index is 0.203. The van der Waals surface area contributed by atoms with E-state index in [4.69, 9.17) is 23.2 Å². The van der Waals surface area contributed by atoms with Crippen molar-refractivity contribution in [2.45, 2.75) is 6.18 Å². The average molecular weight is 293 g/mol. The second-order valence-electron chi connectivity index (χ2n) is 3.42. The Balaban J connectivity index is 2.43. The van der Waals surface area contributed by atoms with E-state index < -0.39 is 11.9 Å². The van der Waals surface area contributed by atoms with Crippen molar-refractivity contribution in [2.75, 3.05) is 0 Å². The maximum Gasteiger partial charge on any atom is 0.433 e. The molecule has 2 rings (SSSR count). The van der Waals surface area contributed by atoms with E-state index in [1.165, 1.54) is 18.3 Å². The number of alkyl halides is 3. The fraction of sp³-hybridized carbons (Fsp3) is 0.0909. The predicted octanol–water partition coefficient (Wildman–Crippen LogP) is 4.47. The van der Waals surface area contributed by atoms with E-state index in [9.17, 15) is 13.2 Å². The quantitative estimate of drug-likeness (QED) is 0.725. The van der Waals surface area contributed by atoms with Gasteiger partial charge in [0.25, 0.3) is 0 Å². The molecule has 0 aliphatic carbocycles. The molecule has 0 aliphatic heterocycles. The highest BCUT2D eigenvalue weighted by atomic mass is 35.5. The summed E-state index contributed by atoms with van der Waals surface area (Å²) in [7, 11) is 0. The van der Waals surface area contributed by atoms with E-state index in [2.05, 4.69) is 9.97 Å². The average Bonchev–Trinajstić information content (AvgIpc) is 2.31. The molecule has 0 aliphatic rings. The molecule has 0 atom stereocenters. The van der Waals surface area contributed by atoms with E-state index >= 15 is 0 Å². The third-order valence-corrected chi connectivity index (χ3v) is 2.69. The molecule has 2 nitrogen and oxygen atoms in total. The van der Waals surface area contributed by atoms with Gasteiger partial charge in [-0.3, -0.25) is 4.98 Å². The minimum Gasteiger partial charge on any atom is -0.251 e. The molecule has 0 unspecified atom stereocenters. The standard InChI is InChI=1S/C11H5Cl2F3N2/c12-8-5-18-10(13)3-7(8)6-1-2-9(17-4-6)11(14,15)16/h1-5H. The van der Waals surface area contributed by atoms with Crippen molar-refractivity contribution in [3.63, 3.8) is 0 Å². The van der Waals surface area contributed by atoms with Crippen molar-refractivity contribution in [2.24, 2.45) is 0 Å². The molecule has 94 valence electrons. The number of rotatable bonds is 1. The number of hydrogen-bond acceptors (Lipinski definition) is 2. The van der Waals surface area contributed by atoms with Gasteiger partial charge in [0, 0.05) is 23.5 Å². The van der Waals surface area contributed by atoms with Gasteiger partial charge in [0.2, 0.25) is 0 Å². The molecule has 2 heterocycles. The van der Waals surface area contributed by atoms with Gasteiger partial charge >= 0.3 is 6.18 Å². The summed E-state index contributed by atoms with van der Waals surface area (Å²) < 4.78 is 37.0. The molecule has 0 radical (unpaired) electrons. The second-order valence-corrected chi connectivity index (χ2v) is 4.21. The first-order chi connectivity index (χ1) is 8.38. The largest absolute Gasteiger partial charge is 0.433 e. The van der Waals surface area contributed by atoms with E-state index in [-0.39, 0.29) is 5.15 Å². The van der Waals surface area contributed by atoms with Crippen molar-refractivity contribution in [3.05, 3.63) is 46.5 Å². The Hall–Kier alpha value is -1.33. The molecule has 2 aromatic heterocycles. The molecule has 0 aromatic carbocycles. The molecule has 2 aromatic rings. The van der Waals surface area contributed by atoms with Crippen molar-refractivity contribution < 1.29 is 13.2 Å². The van der Waals surface area contributed by atoms with Crippen LogP contribution in [0.2, 0.25) is 10.2 Å². The smallest absolute Gasteiger partial charge is 0.251 e. The van der Waals surface area contributed by atoms with Crippen LogP contribution in [0.15, 0.2) is 30.6 Å². The van der Waals surface area contributed by atoms with E-state index in [0.29, 0.717) is 16.1 Å². The topological polar surface area (TPSA) is 25.8 Å². The van der Waals surface area contributed by atoms with E-state index in [0.717, 1.165) is 12.3 Å². The van der Waals surface area contributed by atoms with Crippen molar-refractivity contribution in [3.8, 4) is 11.1 Å². The maximum absolute atomic E-state index is 12.3. The summed E-state index contributed by atoms with van der Waals surface area (Å²) in [6, 6.07) is 3.64. The van der Waals surface area contributed by atoms with E-state index in [1.54, 1.807) is 0 Å². The van der Waals surface area contributed by atoms with Crippen LogP contribution in [0.1, 0.15) is 5.69 Å². The van der Waals surface area contributed by atoms with Gasteiger partial charge < -0.3 is 0 Å². The fourth-order valence-electron chi connectivity index (χ4n) is 1.36. The van der Waals surface area contributed by atoms with Crippen LogP contribution >= 0.6 is 23.2 Å². The lowest BCUT2D eigenvalue weighted by Crippen LogP contribution is -2.07. The molecule has 0 fully saturated rings. The maximum atomic E-state index is 12.3. The highest BCUT2D eigenvalue weighted by Gasteiger charge is 2.32. The normalized spacial score (nSPS) is 11.6. The third-order valence-electron chi connectivity index (χ3n) is 2.19. The first-order valence-corrected chi connectivity index (χ1v) is 5.48. The summed E-state index contributed by atoms with van der Waals surface area (Å²) in [6.07, 6.45) is -2.03. The van der Waals surface area contributed by atoms with Crippen LogP contribution < -0.4 is 0 Å². The summed E-state index contributed by atoms with van der Waals surface area (Å²) in [4.78, 5) is 7.10. The van der Waals surface area contributed by atoms with Crippen molar-refractivity contribution in [1.82, 2.24) is 9.97 Å². The van der Waals surface area contributed by atoms with Gasteiger partial charge in [-0.05, 0) is 12.1 Å². The van der Waals surface area contributed by atoms with Gasteiger partial charge in [0.15, 0.2) is 0 Å². The van der Waals surface area contributed by atoms with Gasteiger partial charge in [-0.25, -0.2) is 4.98 Å². The highest BCUT2D eigenvalue weighted by molar-refractivity contribution is 6.34. The lowest BCUT2D eigenvalue weighted by Gasteiger charge is -2.07. The Morgan fingerprint density at radius 1 is 1.00 bits per heavy atom. The number of hydrogen-bond donors (Lipinski definition) is 0. The summed E-state index contributed by atoms with van der Waals surface area (Å²) in [5.41, 5.74) is -0.0299. The van der Waals surface area contributed by atoms with Crippen molar-refractivity contribution in [1.29, 1.82) is 0 Å². The van der Waals surface area contributed by atoms with Crippen LogP contribution in [-0.2, 0) is 6.18 Å². The first-order valence-electron chi connectivity index (χ1n) is 4.72. The molecule has 0 N–H and O–H groups in total. The predicted molar refractivity (Wildman–Crippen MR) is 62.5 cm³/mol. The van der Waals surface area contributed by atoms with Crippen LogP contribution in [0.3, 0.4) is 0 Å². The summed E-state index contributed by atoms with van der Waals surface area (Å²) in [5.74, 6) is 0. The molecule has 0 saturated heterocycles. The summed E-state index contributed by atoms with van der Waals surface area (Å²) in [5, 5.41) is 0.496. The Bertz CT molecular complexity index is 567. The second kappa shape index (κ2) is 4.74. The molecule has 0 spiro atoms. The fourth-order valence-corrected chi connectivity index (χ4v) is 1.73. The van der Waals surface area contributed by atoms with Crippen LogP contribution in [0, 0.1) is 0 Å². The molecule has 7 heteroatoms. The van der Waals surface area contributed by atoms with E-state index in [1.807, 2.05) is 0 Å². The third kappa shape index (κ3) is 2.73. The lowest BCUT2D eigenvalue weighted by molar-refractivity contribution is -0.141. The molecule has 0 amide bonds. The summed E-state index contributed by atoms with van der Waals surface area (Å²) >= 11 is 11.6. The van der Waals surface area contributed by atoms with Crippen LogP contribution in [0.25, 0.3) is 11.1 Å². The monoisotopic (exact) mass is 292 g/mol. The van der Waals surface area contributed by atoms with Gasteiger partial charge in [0.1, 0.15) is 10.8 Å². The molecular weight excluding hydrogens is 288 g/mol. The zero-order valence-corrected chi connectivity index (χ0v) is 10.2. The Morgan fingerprint density at radius 2 is 1.72 bits per heavy atom. The first kappa shape index (κ1) is 13.1. The Kier molecular flexibility index (Phi) is 3.45. The van der Waals surface area contributed by atoms with Gasteiger partial charge in [-0.1, -0.05) is 29.3 Å². The van der Waals surface area contributed by atoms with Gasteiger partial charge in [-0.2, -0.15) is 13.2 Å². The lowest BCUT2D eigenvalue weighted by atomic mass is 10.1. The van der Waals surface area contributed by atoms with Crippen LogP contribution in [0.5, 0.6) is 0 Å². The zero-order valence-electron chi connectivity index (χ0n) is 8.67. The van der Waals surface area contributed by atoms with Crippen molar-refractivity contribution >= 4 is 23.2 Å². The Labute approximate surface area is 110 Å². The van der Waals surface area contributed by atoms with Crippen LogP contribution in [0.4, 0.5) is 13.2 Å². The summed E-state index contributed by atoms with van der Waals surface area (Å²) in [6.45, 7) is 0. The SMILES string of the molecule is FC(F)(F)c1ccc(-c2cc(Cl)ncc2Cl)cn1. The van der Waals surface area contributed by atoms with Gasteiger partial charge in [0.05, 0.1) is 5.02 Å². The Morgan fingerprint density at radius 3 is 2.28 bits per heavy atom. The zero-order chi connectivity index (χ0) is 13.3. The van der Waals surface area contributed by atoms with Gasteiger partial charge in [-0.15, -0.1) is 0 Å². The molecule has 0 saturated carbocycles. The highest BCUT2D eigenvalue weighted by Crippen LogP contribution is 2.31. The molecule has 18 heavy (non-hydrogen) atoms. The van der Waals surface area contributed by atoms with Crippen LogP contribution in [-0.4, -0.2) is 9.97 Å².